The summed E-state index contributed by atoms with van der Waals surface area (Å²) in [6.45, 7) is 6.25. The van der Waals surface area contributed by atoms with Crippen LogP contribution in [0.25, 0.3) is 0 Å². The molecule has 0 saturated carbocycles. The highest BCUT2D eigenvalue weighted by molar-refractivity contribution is 5.33. The van der Waals surface area contributed by atoms with Gasteiger partial charge in [0, 0.05) is 5.54 Å². The molecule has 0 aromatic heterocycles. The summed E-state index contributed by atoms with van der Waals surface area (Å²) in [6, 6.07) is 13.0. The van der Waals surface area contributed by atoms with Gasteiger partial charge in [0.1, 0.15) is 5.82 Å². The van der Waals surface area contributed by atoms with Gasteiger partial charge in [-0.05, 0) is 61.1 Å². The van der Waals surface area contributed by atoms with Crippen molar-refractivity contribution in [3.63, 3.8) is 0 Å². The molecule has 2 N–H and O–H groups in total. The standard InChI is InChI=1S/C18H22FN/c1-4-18(20,16-6-5-7-17(19)11-16)12-15-9-8-13(2)14(3)10-15/h5-11H,4,12,20H2,1-3H3. The van der Waals surface area contributed by atoms with Crippen LogP contribution in [0.2, 0.25) is 0 Å². The van der Waals surface area contributed by atoms with Gasteiger partial charge in [-0.3, -0.25) is 0 Å². The molecule has 0 saturated heterocycles. The molecular formula is C18H22FN. The van der Waals surface area contributed by atoms with Gasteiger partial charge < -0.3 is 5.73 Å². The molecule has 0 bridgehead atoms. The van der Waals surface area contributed by atoms with E-state index in [9.17, 15) is 4.39 Å². The van der Waals surface area contributed by atoms with Gasteiger partial charge in [0.25, 0.3) is 0 Å². The Morgan fingerprint density at radius 1 is 1.05 bits per heavy atom. The van der Waals surface area contributed by atoms with Gasteiger partial charge in [0.15, 0.2) is 0 Å². The van der Waals surface area contributed by atoms with E-state index in [1.165, 1.54) is 22.8 Å². The quantitative estimate of drug-likeness (QED) is 0.884. The van der Waals surface area contributed by atoms with E-state index in [-0.39, 0.29) is 5.82 Å². The van der Waals surface area contributed by atoms with Gasteiger partial charge in [-0.1, -0.05) is 37.3 Å². The monoisotopic (exact) mass is 271 g/mol. The molecule has 0 spiro atoms. The van der Waals surface area contributed by atoms with Gasteiger partial charge in [-0.2, -0.15) is 0 Å². The second-order valence-corrected chi connectivity index (χ2v) is 5.62. The normalized spacial score (nSPS) is 14.1. The Labute approximate surface area is 120 Å². The molecular weight excluding hydrogens is 249 g/mol. The molecule has 2 rings (SSSR count). The first-order valence-corrected chi connectivity index (χ1v) is 7.05. The minimum atomic E-state index is -0.524. The van der Waals surface area contributed by atoms with Crippen LogP contribution in [0.4, 0.5) is 4.39 Å². The number of hydrogen-bond donors (Lipinski definition) is 1. The van der Waals surface area contributed by atoms with E-state index in [1.807, 2.05) is 13.0 Å². The molecule has 106 valence electrons. The van der Waals surface area contributed by atoms with Crippen molar-refractivity contribution in [3.05, 3.63) is 70.5 Å². The molecule has 0 heterocycles. The Morgan fingerprint density at radius 3 is 2.40 bits per heavy atom. The molecule has 2 aromatic carbocycles. The average Bonchev–Trinajstić information content (AvgIpc) is 2.43. The number of hydrogen-bond acceptors (Lipinski definition) is 1. The lowest BCUT2D eigenvalue weighted by atomic mass is 9.82. The van der Waals surface area contributed by atoms with Crippen LogP contribution in [0.3, 0.4) is 0 Å². The Bertz CT molecular complexity index is 606. The highest BCUT2D eigenvalue weighted by Crippen LogP contribution is 2.27. The predicted molar refractivity (Wildman–Crippen MR) is 82.2 cm³/mol. The second-order valence-electron chi connectivity index (χ2n) is 5.62. The van der Waals surface area contributed by atoms with Crippen LogP contribution in [-0.2, 0) is 12.0 Å². The van der Waals surface area contributed by atoms with Crippen LogP contribution >= 0.6 is 0 Å². The van der Waals surface area contributed by atoms with E-state index in [0.717, 1.165) is 12.0 Å². The van der Waals surface area contributed by atoms with Crippen molar-refractivity contribution in [1.29, 1.82) is 0 Å². The fourth-order valence-corrected chi connectivity index (χ4v) is 2.51. The highest BCUT2D eigenvalue weighted by Gasteiger charge is 2.26. The van der Waals surface area contributed by atoms with Crippen LogP contribution in [0.5, 0.6) is 0 Å². The summed E-state index contributed by atoms with van der Waals surface area (Å²) in [6.07, 6.45) is 1.48. The topological polar surface area (TPSA) is 26.0 Å². The molecule has 0 radical (unpaired) electrons. The smallest absolute Gasteiger partial charge is 0.123 e. The van der Waals surface area contributed by atoms with Crippen molar-refractivity contribution in [2.45, 2.75) is 39.2 Å². The van der Waals surface area contributed by atoms with E-state index in [4.69, 9.17) is 5.73 Å². The van der Waals surface area contributed by atoms with Crippen molar-refractivity contribution in [2.24, 2.45) is 5.73 Å². The minimum absolute atomic E-state index is 0.231. The van der Waals surface area contributed by atoms with Crippen molar-refractivity contribution >= 4 is 0 Å². The number of nitrogens with two attached hydrogens (primary N) is 1. The number of aryl methyl sites for hydroxylation is 2. The van der Waals surface area contributed by atoms with Gasteiger partial charge >= 0.3 is 0 Å². The van der Waals surface area contributed by atoms with E-state index >= 15 is 0 Å². The fraction of sp³-hybridized carbons (Fsp3) is 0.333. The molecule has 1 atom stereocenters. The molecule has 0 aliphatic rings. The van der Waals surface area contributed by atoms with E-state index in [1.54, 1.807) is 12.1 Å². The van der Waals surface area contributed by atoms with Gasteiger partial charge in [-0.15, -0.1) is 0 Å². The molecule has 2 aromatic rings. The third-order valence-corrected chi connectivity index (χ3v) is 4.12. The molecule has 20 heavy (non-hydrogen) atoms. The zero-order valence-electron chi connectivity index (χ0n) is 12.4. The maximum Gasteiger partial charge on any atom is 0.123 e. The lowest BCUT2D eigenvalue weighted by molar-refractivity contribution is 0.422. The predicted octanol–water partition coefficient (Wildman–Crippen LogP) is 4.25. The Morgan fingerprint density at radius 2 is 1.80 bits per heavy atom. The van der Waals surface area contributed by atoms with Crippen LogP contribution in [0.1, 0.15) is 35.6 Å². The number of benzene rings is 2. The van der Waals surface area contributed by atoms with E-state index < -0.39 is 5.54 Å². The summed E-state index contributed by atoms with van der Waals surface area (Å²) in [7, 11) is 0. The summed E-state index contributed by atoms with van der Waals surface area (Å²) in [4.78, 5) is 0. The van der Waals surface area contributed by atoms with Gasteiger partial charge in [-0.25, -0.2) is 4.39 Å². The third-order valence-electron chi connectivity index (χ3n) is 4.12. The van der Waals surface area contributed by atoms with Crippen LogP contribution in [0, 0.1) is 19.7 Å². The maximum absolute atomic E-state index is 13.4. The molecule has 1 nitrogen and oxygen atoms in total. The summed E-state index contributed by atoms with van der Waals surface area (Å²) in [5, 5.41) is 0. The molecule has 1 unspecified atom stereocenters. The van der Waals surface area contributed by atoms with E-state index in [2.05, 4.69) is 32.0 Å². The van der Waals surface area contributed by atoms with Crippen LogP contribution in [-0.4, -0.2) is 0 Å². The first-order chi connectivity index (χ1) is 9.44. The van der Waals surface area contributed by atoms with Crippen molar-refractivity contribution in [2.75, 3.05) is 0 Å². The maximum atomic E-state index is 13.4. The summed E-state index contributed by atoms with van der Waals surface area (Å²) < 4.78 is 13.4. The molecule has 2 heteroatoms. The number of halogens is 1. The summed E-state index contributed by atoms with van der Waals surface area (Å²) in [5.41, 5.74) is 10.6. The fourth-order valence-electron chi connectivity index (χ4n) is 2.51. The van der Waals surface area contributed by atoms with Crippen LogP contribution in [0.15, 0.2) is 42.5 Å². The molecule has 0 fully saturated rings. The lowest BCUT2D eigenvalue weighted by Crippen LogP contribution is -2.38. The summed E-state index contributed by atoms with van der Waals surface area (Å²) >= 11 is 0. The molecule has 0 aliphatic carbocycles. The third kappa shape index (κ3) is 3.07. The largest absolute Gasteiger partial charge is 0.321 e. The van der Waals surface area contributed by atoms with Gasteiger partial charge in [0.2, 0.25) is 0 Å². The highest BCUT2D eigenvalue weighted by atomic mass is 19.1. The lowest BCUT2D eigenvalue weighted by Gasteiger charge is -2.29. The average molecular weight is 271 g/mol. The summed E-state index contributed by atoms with van der Waals surface area (Å²) in [5.74, 6) is -0.231. The first-order valence-electron chi connectivity index (χ1n) is 7.05. The Balaban J connectivity index is 2.33. The zero-order chi connectivity index (χ0) is 14.8. The Kier molecular flexibility index (Phi) is 4.24. The number of rotatable bonds is 4. The molecule has 0 aliphatic heterocycles. The van der Waals surface area contributed by atoms with Crippen molar-refractivity contribution in [1.82, 2.24) is 0 Å². The second kappa shape index (κ2) is 5.76. The Hall–Kier alpha value is -1.67. The van der Waals surface area contributed by atoms with Crippen molar-refractivity contribution in [3.8, 4) is 0 Å². The zero-order valence-corrected chi connectivity index (χ0v) is 12.4. The van der Waals surface area contributed by atoms with E-state index in [0.29, 0.717) is 6.42 Å². The van der Waals surface area contributed by atoms with Gasteiger partial charge in [0.05, 0.1) is 0 Å². The SMILES string of the molecule is CCC(N)(Cc1ccc(C)c(C)c1)c1cccc(F)c1. The first kappa shape index (κ1) is 14.7. The van der Waals surface area contributed by atoms with Crippen LogP contribution < -0.4 is 5.73 Å². The molecule has 0 amide bonds. The minimum Gasteiger partial charge on any atom is -0.321 e. The van der Waals surface area contributed by atoms with Crippen molar-refractivity contribution < 1.29 is 4.39 Å².